The lowest BCUT2D eigenvalue weighted by atomic mass is 10.3. The van der Waals surface area contributed by atoms with E-state index in [1.54, 1.807) is 7.05 Å². The second-order valence-electron chi connectivity index (χ2n) is 3.18. The average molecular weight is 254 g/mol. The second kappa shape index (κ2) is 4.38. The maximum absolute atomic E-state index is 10.8. The maximum Gasteiger partial charge on any atom is 0.276 e. The van der Waals surface area contributed by atoms with E-state index >= 15 is 0 Å². The summed E-state index contributed by atoms with van der Waals surface area (Å²) >= 11 is 5.73. The molecule has 0 aliphatic rings. The van der Waals surface area contributed by atoms with Gasteiger partial charge in [0, 0.05) is 7.05 Å². The molecule has 0 aliphatic heterocycles. The van der Waals surface area contributed by atoms with Crippen LogP contribution in [0.3, 0.4) is 0 Å². The number of anilines is 1. The zero-order chi connectivity index (χ0) is 12.4. The molecule has 0 unspecified atom stereocenters. The topological polar surface area (TPSA) is 85.9 Å². The van der Waals surface area contributed by atoms with Crippen molar-refractivity contribution < 1.29 is 4.92 Å². The molecule has 0 fully saturated rings. The molecule has 0 aromatic carbocycles. The standard InChI is InChI=1S/C9H8ClN5O2/c1-11-8-2-7(15(16)17)3-9(13-8)14-5-6(10)4-12-14/h2-5H,1H3,(H,11,13). The van der Waals surface area contributed by atoms with E-state index in [0.29, 0.717) is 16.7 Å². The number of nitrogens with one attached hydrogen (secondary N) is 1. The fourth-order valence-corrected chi connectivity index (χ4v) is 1.42. The molecule has 0 saturated carbocycles. The normalized spacial score (nSPS) is 10.2. The van der Waals surface area contributed by atoms with Crippen LogP contribution in [0.5, 0.6) is 0 Å². The van der Waals surface area contributed by atoms with Crippen LogP contribution in [0.2, 0.25) is 5.02 Å². The lowest BCUT2D eigenvalue weighted by molar-refractivity contribution is -0.384. The van der Waals surface area contributed by atoms with Gasteiger partial charge in [0.25, 0.3) is 5.69 Å². The second-order valence-corrected chi connectivity index (χ2v) is 3.62. The van der Waals surface area contributed by atoms with Gasteiger partial charge in [0.15, 0.2) is 5.82 Å². The van der Waals surface area contributed by atoms with Crippen LogP contribution in [-0.2, 0) is 0 Å². The third kappa shape index (κ3) is 2.34. The van der Waals surface area contributed by atoms with E-state index in [0.717, 1.165) is 0 Å². The smallest absolute Gasteiger partial charge is 0.276 e. The van der Waals surface area contributed by atoms with Gasteiger partial charge < -0.3 is 5.32 Å². The van der Waals surface area contributed by atoms with Crippen molar-refractivity contribution in [1.82, 2.24) is 14.8 Å². The lowest BCUT2D eigenvalue weighted by Gasteiger charge is -2.04. The Morgan fingerprint density at radius 1 is 1.53 bits per heavy atom. The van der Waals surface area contributed by atoms with Crippen molar-refractivity contribution in [3.8, 4) is 5.82 Å². The summed E-state index contributed by atoms with van der Waals surface area (Å²) in [5, 5.41) is 17.9. The molecule has 0 saturated heterocycles. The summed E-state index contributed by atoms with van der Waals surface area (Å²) in [6.07, 6.45) is 2.95. The summed E-state index contributed by atoms with van der Waals surface area (Å²) in [6, 6.07) is 2.67. The first-order valence-electron chi connectivity index (χ1n) is 4.65. The first-order valence-corrected chi connectivity index (χ1v) is 5.02. The molecule has 17 heavy (non-hydrogen) atoms. The SMILES string of the molecule is CNc1cc([N+](=O)[O-])cc(-n2cc(Cl)cn2)n1. The van der Waals surface area contributed by atoms with Crippen LogP contribution in [0.15, 0.2) is 24.5 Å². The predicted molar refractivity (Wildman–Crippen MR) is 62.6 cm³/mol. The molecule has 1 N–H and O–H groups in total. The summed E-state index contributed by atoms with van der Waals surface area (Å²) in [5.74, 6) is 0.719. The van der Waals surface area contributed by atoms with Gasteiger partial charge >= 0.3 is 0 Å². The number of aromatic nitrogens is 3. The number of hydrogen-bond acceptors (Lipinski definition) is 5. The molecule has 0 amide bonds. The van der Waals surface area contributed by atoms with E-state index in [-0.39, 0.29) is 5.69 Å². The van der Waals surface area contributed by atoms with E-state index in [4.69, 9.17) is 11.6 Å². The van der Waals surface area contributed by atoms with Gasteiger partial charge in [-0.3, -0.25) is 10.1 Å². The first kappa shape index (κ1) is 11.3. The Bertz CT molecular complexity index is 568. The molecule has 2 rings (SSSR count). The molecule has 2 aromatic heterocycles. The van der Waals surface area contributed by atoms with E-state index in [1.165, 1.54) is 29.2 Å². The predicted octanol–water partition coefficient (Wildman–Crippen LogP) is 1.87. The number of hydrogen-bond donors (Lipinski definition) is 1. The number of nitro groups is 1. The van der Waals surface area contributed by atoms with Gasteiger partial charge in [0.2, 0.25) is 0 Å². The van der Waals surface area contributed by atoms with E-state index in [2.05, 4.69) is 15.4 Å². The van der Waals surface area contributed by atoms with Gasteiger partial charge in [-0.1, -0.05) is 11.6 Å². The molecule has 88 valence electrons. The fourth-order valence-electron chi connectivity index (χ4n) is 1.28. The summed E-state index contributed by atoms with van der Waals surface area (Å²) in [5.41, 5.74) is -0.0639. The molecule has 8 heteroatoms. The van der Waals surface area contributed by atoms with Crippen molar-refractivity contribution >= 4 is 23.1 Å². The zero-order valence-corrected chi connectivity index (χ0v) is 9.55. The van der Waals surface area contributed by atoms with Gasteiger partial charge in [-0.15, -0.1) is 0 Å². The monoisotopic (exact) mass is 253 g/mol. The summed E-state index contributed by atoms with van der Waals surface area (Å²) < 4.78 is 1.37. The van der Waals surface area contributed by atoms with Crippen LogP contribution in [0, 0.1) is 10.1 Å². The van der Waals surface area contributed by atoms with Crippen molar-refractivity contribution in [2.45, 2.75) is 0 Å². The minimum atomic E-state index is -0.489. The summed E-state index contributed by atoms with van der Waals surface area (Å²) in [6.45, 7) is 0. The van der Waals surface area contributed by atoms with Crippen LogP contribution in [0.1, 0.15) is 0 Å². The van der Waals surface area contributed by atoms with Crippen molar-refractivity contribution in [3.63, 3.8) is 0 Å². The highest BCUT2D eigenvalue weighted by atomic mass is 35.5. The lowest BCUT2D eigenvalue weighted by Crippen LogP contribution is -2.03. The molecular formula is C9H8ClN5O2. The Morgan fingerprint density at radius 2 is 2.29 bits per heavy atom. The molecule has 7 nitrogen and oxygen atoms in total. The molecule has 0 atom stereocenters. The van der Waals surface area contributed by atoms with Crippen LogP contribution in [0.4, 0.5) is 11.5 Å². The molecule has 0 radical (unpaired) electrons. The Morgan fingerprint density at radius 3 is 2.82 bits per heavy atom. The van der Waals surface area contributed by atoms with E-state index in [1.807, 2.05) is 0 Å². The van der Waals surface area contributed by atoms with Crippen LogP contribution < -0.4 is 5.32 Å². The highest BCUT2D eigenvalue weighted by molar-refractivity contribution is 6.30. The molecule has 0 spiro atoms. The van der Waals surface area contributed by atoms with Crippen molar-refractivity contribution in [2.24, 2.45) is 0 Å². The van der Waals surface area contributed by atoms with Crippen molar-refractivity contribution in [1.29, 1.82) is 0 Å². The minimum absolute atomic E-state index is 0.0639. The molecule has 0 bridgehead atoms. The number of pyridine rings is 1. The number of rotatable bonds is 3. The Balaban J connectivity index is 2.53. The van der Waals surface area contributed by atoms with Gasteiger partial charge in [-0.2, -0.15) is 5.10 Å². The zero-order valence-electron chi connectivity index (χ0n) is 8.79. The molecule has 2 heterocycles. The third-order valence-corrected chi connectivity index (χ3v) is 2.24. The van der Waals surface area contributed by atoms with Crippen molar-refractivity contribution in [2.75, 3.05) is 12.4 Å². The van der Waals surface area contributed by atoms with E-state index < -0.39 is 4.92 Å². The van der Waals surface area contributed by atoms with Gasteiger partial charge in [0.05, 0.1) is 34.5 Å². The fraction of sp³-hybridized carbons (Fsp3) is 0.111. The molecule has 2 aromatic rings. The van der Waals surface area contributed by atoms with Gasteiger partial charge in [-0.05, 0) is 0 Å². The van der Waals surface area contributed by atoms with Gasteiger partial charge in [0.1, 0.15) is 5.82 Å². The van der Waals surface area contributed by atoms with Gasteiger partial charge in [-0.25, -0.2) is 9.67 Å². The van der Waals surface area contributed by atoms with Crippen molar-refractivity contribution in [3.05, 3.63) is 39.7 Å². The minimum Gasteiger partial charge on any atom is -0.373 e. The quantitative estimate of drug-likeness (QED) is 0.667. The Labute approximate surface area is 101 Å². The van der Waals surface area contributed by atoms with Crippen LogP contribution in [-0.4, -0.2) is 26.7 Å². The summed E-state index contributed by atoms with van der Waals surface area (Å²) in [4.78, 5) is 14.4. The van der Waals surface area contributed by atoms with Crippen LogP contribution in [0.25, 0.3) is 5.82 Å². The molecular weight excluding hydrogens is 246 g/mol. The number of nitrogens with zero attached hydrogens (tertiary/aromatic N) is 4. The van der Waals surface area contributed by atoms with Crippen LogP contribution >= 0.6 is 11.6 Å². The largest absolute Gasteiger partial charge is 0.373 e. The maximum atomic E-state index is 10.8. The average Bonchev–Trinajstić information content (AvgIpc) is 2.75. The van der Waals surface area contributed by atoms with E-state index in [9.17, 15) is 10.1 Å². The number of halogens is 1. The highest BCUT2D eigenvalue weighted by Crippen LogP contribution is 2.20. The molecule has 0 aliphatic carbocycles. The summed E-state index contributed by atoms with van der Waals surface area (Å²) in [7, 11) is 1.63. The Hall–Kier alpha value is -2.15. The first-order chi connectivity index (χ1) is 8.10. The highest BCUT2D eigenvalue weighted by Gasteiger charge is 2.12. The Kier molecular flexibility index (Phi) is 2.92. The third-order valence-electron chi connectivity index (χ3n) is 2.05.